The Morgan fingerprint density at radius 1 is 1.18 bits per heavy atom. The van der Waals surface area contributed by atoms with Gasteiger partial charge in [-0.2, -0.15) is 4.68 Å². The Hall–Kier alpha value is -3.30. The molecule has 0 spiro atoms. The number of nitrogens with zero attached hydrogens (tertiary/aromatic N) is 4. The lowest BCUT2D eigenvalue weighted by molar-refractivity contribution is -0.139. The molecular formula is C22H21Cl2N5O4. The molecule has 0 saturated heterocycles. The average Bonchev–Trinajstić information content (AvgIpc) is 3.26. The van der Waals surface area contributed by atoms with Crippen LogP contribution in [-0.4, -0.2) is 39.9 Å². The number of allylic oxidation sites excluding steroid dienone is 1. The third-order valence-electron chi connectivity index (χ3n) is 5.15. The van der Waals surface area contributed by atoms with E-state index in [1.807, 2.05) is 6.07 Å². The number of esters is 1. The van der Waals surface area contributed by atoms with Crippen molar-refractivity contribution in [1.29, 1.82) is 0 Å². The molecule has 0 saturated carbocycles. The molecule has 1 aliphatic rings. The number of carbonyl (C=O) groups is 1. The van der Waals surface area contributed by atoms with Crippen LogP contribution in [0.25, 0.3) is 0 Å². The zero-order chi connectivity index (χ0) is 23.5. The van der Waals surface area contributed by atoms with Crippen molar-refractivity contribution in [1.82, 2.24) is 20.2 Å². The number of hydrogen-bond acceptors (Lipinski definition) is 8. The van der Waals surface area contributed by atoms with Gasteiger partial charge in [0.1, 0.15) is 12.6 Å². The molecule has 172 valence electrons. The molecule has 11 heteroatoms. The van der Waals surface area contributed by atoms with Crippen molar-refractivity contribution in [3.8, 4) is 11.5 Å². The molecule has 9 nitrogen and oxygen atoms in total. The molecule has 4 rings (SSSR count). The Kier molecular flexibility index (Phi) is 6.71. The number of nitrogens with one attached hydrogen (secondary N) is 1. The van der Waals surface area contributed by atoms with Gasteiger partial charge < -0.3 is 19.5 Å². The molecule has 0 bridgehead atoms. The van der Waals surface area contributed by atoms with Gasteiger partial charge in [-0.15, -0.1) is 0 Å². The van der Waals surface area contributed by atoms with E-state index in [2.05, 4.69) is 20.8 Å². The summed E-state index contributed by atoms with van der Waals surface area (Å²) in [6, 6.07) is 10.0. The first kappa shape index (κ1) is 22.9. The van der Waals surface area contributed by atoms with Gasteiger partial charge in [0.2, 0.25) is 5.95 Å². The minimum Gasteiger partial charge on any atom is -0.493 e. The zero-order valence-corrected chi connectivity index (χ0v) is 19.6. The summed E-state index contributed by atoms with van der Waals surface area (Å²) >= 11 is 12.5. The van der Waals surface area contributed by atoms with Crippen molar-refractivity contribution in [3.63, 3.8) is 0 Å². The lowest BCUT2D eigenvalue weighted by Crippen LogP contribution is -2.29. The first-order valence-electron chi connectivity index (χ1n) is 10.1. The van der Waals surface area contributed by atoms with Crippen molar-refractivity contribution < 1.29 is 19.0 Å². The molecule has 1 aromatic heterocycles. The van der Waals surface area contributed by atoms with Crippen LogP contribution in [0.15, 0.2) is 47.7 Å². The fourth-order valence-corrected chi connectivity index (χ4v) is 4.09. The molecule has 33 heavy (non-hydrogen) atoms. The quantitative estimate of drug-likeness (QED) is 0.486. The number of aromatic nitrogens is 4. The van der Waals surface area contributed by atoms with E-state index in [9.17, 15) is 4.79 Å². The number of halogens is 2. The Balaban J connectivity index is 1.69. The molecule has 3 aromatic rings. The van der Waals surface area contributed by atoms with Crippen molar-refractivity contribution in [2.75, 3.05) is 19.0 Å². The third-order valence-corrected chi connectivity index (χ3v) is 5.85. The summed E-state index contributed by atoms with van der Waals surface area (Å²) in [4.78, 5) is 12.8. The zero-order valence-electron chi connectivity index (χ0n) is 18.1. The van der Waals surface area contributed by atoms with E-state index in [1.54, 1.807) is 44.2 Å². The third kappa shape index (κ3) is 4.46. The standard InChI is InChI=1S/C22H21Cl2N5O4/c1-4-32-21(30)19-12(2)25-22-26-27-28-29(22)20(19)13-8-9-17(18(10-13)31-3)33-11-14-15(23)6-5-7-16(14)24/h5-10,20H,4,11H2,1-3H3,(H,25,26,28). The molecular weight excluding hydrogens is 469 g/mol. The number of tetrazole rings is 1. The second-order valence-electron chi connectivity index (χ2n) is 7.13. The maximum absolute atomic E-state index is 12.8. The van der Waals surface area contributed by atoms with Crippen LogP contribution in [0.4, 0.5) is 5.95 Å². The molecule has 1 N–H and O–H groups in total. The summed E-state index contributed by atoms with van der Waals surface area (Å²) < 4.78 is 18.3. The molecule has 0 amide bonds. The molecule has 1 aliphatic heterocycles. The van der Waals surface area contributed by atoms with Crippen molar-refractivity contribution in [2.45, 2.75) is 26.5 Å². The van der Waals surface area contributed by atoms with Gasteiger partial charge in [0.05, 0.1) is 19.3 Å². The minimum atomic E-state index is -0.615. The highest BCUT2D eigenvalue weighted by atomic mass is 35.5. The summed E-state index contributed by atoms with van der Waals surface area (Å²) in [6.07, 6.45) is 0. The number of anilines is 1. The highest BCUT2D eigenvalue weighted by molar-refractivity contribution is 6.35. The maximum Gasteiger partial charge on any atom is 0.338 e. The molecule has 1 atom stereocenters. The number of carbonyl (C=O) groups excluding carboxylic acids is 1. The Labute approximate surface area is 200 Å². The second kappa shape index (κ2) is 9.68. The van der Waals surface area contributed by atoms with Crippen molar-refractivity contribution in [2.24, 2.45) is 0 Å². The smallest absolute Gasteiger partial charge is 0.338 e. The second-order valence-corrected chi connectivity index (χ2v) is 7.95. The van der Waals surface area contributed by atoms with E-state index in [0.717, 1.165) is 0 Å². The summed E-state index contributed by atoms with van der Waals surface area (Å²) in [7, 11) is 1.53. The van der Waals surface area contributed by atoms with E-state index in [4.69, 9.17) is 37.4 Å². The monoisotopic (exact) mass is 489 g/mol. The predicted octanol–water partition coefficient (Wildman–Crippen LogP) is 4.42. The largest absolute Gasteiger partial charge is 0.493 e. The topological polar surface area (TPSA) is 100 Å². The molecule has 0 fully saturated rings. The van der Waals surface area contributed by atoms with Crippen LogP contribution in [-0.2, 0) is 16.1 Å². The van der Waals surface area contributed by atoms with Gasteiger partial charge in [0, 0.05) is 21.3 Å². The van der Waals surface area contributed by atoms with E-state index in [-0.39, 0.29) is 13.2 Å². The SMILES string of the molecule is CCOC(=O)C1=C(C)Nc2nnnn2C1c1ccc(OCc2c(Cl)cccc2Cl)c(OC)c1. The average molecular weight is 490 g/mol. The fraction of sp³-hybridized carbons (Fsp3) is 0.273. The van der Waals surface area contributed by atoms with Gasteiger partial charge in [-0.05, 0) is 54.1 Å². The van der Waals surface area contributed by atoms with Crippen LogP contribution in [0, 0.1) is 0 Å². The summed E-state index contributed by atoms with van der Waals surface area (Å²) in [5.41, 5.74) is 2.39. The lowest BCUT2D eigenvalue weighted by Gasteiger charge is -2.27. The van der Waals surface area contributed by atoms with Crippen LogP contribution >= 0.6 is 23.2 Å². The molecule has 0 radical (unpaired) electrons. The minimum absolute atomic E-state index is 0.159. The molecule has 2 aromatic carbocycles. The Bertz CT molecular complexity index is 1210. The van der Waals surface area contributed by atoms with Gasteiger partial charge in [0.25, 0.3) is 0 Å². The Morgan fingerprint density at radius 3 is 2.64 bits per heavy atom. The van der Waals surface area contributed by atoms with E-state index in [0.29, 0.717) is 49.9 Å². The lowest BCUT2D eigenvalue weighted by atomic mass is 9.95. The van der Waals surface area contributed by atoms with E-state index < -0.39 is 12.0 Å². The van der Waals surface area contributed by atoms with Gasteiger partial charge in [-0.1, -0.05) is 40.4 Å². The van der Waals surface area contributed by atoms with Gasteiger partial charge in [0.15, 0.2) is 11.5 Å². The van der Waals surface area contributed by atoms with Crippen molar-refractivity contribution in [3.05, 3.63) is 68.8 Å². The molecule has 2 heterocycles. The Morgan fingerprint density at radius 2 is 1.94 bits per heavy atom. The first-order chi connectivity index (χ1) is 15.9. The fourth-order valence-electron chi connectivity index (χ4n) is 3.59. The molecule has 1 unspecified atom stereocenters. The molecule has 0 aliphatic carbocycles. The number of ether oxygens (including phenoxy) is 3. The summed E-state index contributed by atoms with van der Waals surface area (Å²) in [6.45, 7) is 3.93. The van der Waals surface area contributed by atoms with E-state index >= 15 is 0 Å². The van der Waals surface area contributed by atoms with Crippen LogP contribution in [0.1, 0.15) is 31.0 Å². The van der Waals surface area contributed by atoms with Gasteiger partial charge in [-0.3, -0.25) is 0 Å². The van der Waals surface area contributed by atoms with Crippen LogP contribution in [0.2, 0.25) is 10.0 Å². The van der Waals surface area contributed by atoms with Gasteiger partial charge in [-0.25, -0.2) is 4.79 Å². The van der Waals surface area contributed by atoms with Crippen LogP contribution in [0.3, 0.4) is 0 Å². The number of benzene rings is 2. The maximum atomic E-state index is 12.8. The number of hydrogen-bond donors (Lipinski definition) is 1. The van der Waals surface area contributed by atoms with Crippen molar-refractivity contribution >= 4 is 35.1 Å². The number of methoxy groups -OCH3 is 1. The normalized spacial score (nSPS) is 15.0. The van der Waals surface area contributed by atoms with Crippen LogP contribution < -0.4 is 14.8 Å². The summed E-state index contributed by atoms with van der Waals surface area (Å²) in [5.74, 6) is 0.908. The predicted molar refractivity (Wildman–Crippen MR) is 123 cm³/mol. The van der Waals surface area contributed by atoms with E-state index in [1.165, 1.54) is 11.8 Å². The first-order valence-corrected chi connectivity index (χ1v) is 10.9. The van der Waals surface area contributed by atoms with Gasteiger partial charge >= 0.3 is 5.97 Å². The number of fused-ring (bicyclic) bond motifs is 1. The summed E-state index contributed by atoms with van der Waals surface area (Å²) in [5, 5.41) is 15.9. The highest BCUT2D eigenvalue weighted by Gasteiger charge is 2.35. The highest BCUT2D eigenvalue weighted by Crippen LogP contribution is 2.39. The number of rotatable bonds is 7. The van der Waals surface area contributed by atoms with Crippen LogP contribution in [0.5, 0.6) is 11.5 Å².